The number of aliphatic carboxylic acids is 1. The molecule has 1 aromatic heterocycles. The maximum absolute atomic E-state index is 11.8. The maximum Gasteiger partial charge on any atom is 0.312 e. The molecule has 5 nitrogen and oxygen atoms in total. The van der Waals surface area contributed by atoms with Crippen LogP contribution in [-0.2, 0) is 23.0 Å². The number of carboxylic acids is 1. The van der Waals surface area contributed by atoms with Gasteiger partial charge in [-0.3, -0.25) is 9.48 Å². The van der Waals surface area contributed by atoms with Crippen LogP contribution in [0.2, 0.25) is 0 Å². The van der Waals surface area contributed by atoms with Gasteiger partial charge in [0.15, 0.2) is 0 Å². The SMILES string of the molecule is CC1OCCC1(Cc1nn(C)c2ccccc12)C(=O)O. The van der Waals surface area contributed by atoms with Crippen molar-refractivity contribution in [2.75, 3.05) is 6.61 Å². The molecule has 2 aromatic rings. The summed E-state index contributed by atoms with van der Waals surface area (Å²) in [5.41, 5.74) is 0.995. The molecule has 1 aromatic carbocycles. The van der Waals surface area contributed by atoms with Crippen molar-refractivity contribution in [3.8, 4) is 0 Å². The summed E-state index contributed by atoms with van der Waals surface area (Å²) in [5.74, 6) is -0.794. The van der Waals surface area contributed by atoms with Crippen LogP contribution in [0.1, 0.15) is 19.0 Å². The highest BCUT2D eigenvalue weighted by Crippen LogP contribution is 2.39. The number of aromatic nitrogens is 2. The van der Waals surface area contributed by atoms with Crippen molar-refractivity contribution in [1.82, 2.24) is 9.78 Å². The molecule has 1 N–H and O–H groups in total. The number of ether oxygens (including phenoxy) is 1. The van der Waals surface area contributed by atoms with Crippen molar-refractivity contribution < 1.29 is 14.6 Å². The number of aryl methyl sites for hydroxylation is 1. The van der Waals surface area contributed by atoms with Gasteiger partial charge in [-0.25, -0.2) is 0 Å². The zero-order valence-electron chi connectivity index (χ0n) is 11.7. The third-order valence-corrected chi connectivity index (χ3v) is 4.44. The van der Waals surface area contributed by atoms with E-state index < -0.39 is 11.4 Å². The van der Waals surface area contributed by atoms with Crippen LogP contribution in [0.15, 0.2) is 24.3 Å². The summed E-state index contributed by atoms with van der Waals surface area (Å²) in [6.45, 7) is 2.34. The lowest BCUT2D eigenvalue weighted by Gasteiger charge is -2.26. The zero-order valence-corrected chi connectivity index (χ0v) is 11.7. The van der Waals surface area contributed by atoms with Gasteiger partial charge in [0.1, 0.15) is 5.41 Å². The number of nitrogens with zero attached hydrogens (tertiary/aromatic N) is 2. The molecule has 106 valence electrons. The third kappa shape index (κ3) is 1.81. The van der Waals surface area contributed by atoms with Crippen LogP contribution < -0.4 is 0 Å². The van der Waals surface area contributed by atoms with Crippen LogP contribution in [0.5, 0.6) is 0 Å². The number of fused-ring (bicyclic) bond motifs is 1. The van der Waals surface area contributed by atoms with Gasteiger partial charge in [-0.1, -0.05) is 18.2 Å². The van der Waals surface area contributed by atoms with Gasteiger partial charge in [-0.15, -0.1) is 0 Å². The summed E-state index contributed by atoms with van der Waals surface area (Å²) in [7, 11) is 1.88. The Bertz CT molecular complexity index is 664. The molecule has 0 saturated carbocycles. The fourth-order valence-corrected chi connectivity index (χ4v) is 3.09. The molecule has 0 bridgehead atoms. The van der Waals surface area contributed by atoms with Gasteiger partial charge in [-0.05, 0) is 19.4 Å². The number of rotatable bonds is 3. The molecule has 0 aliphatic carbocycles. The lowest BCUT2D eigenvalue weighted by atomic mass is 9.77. The molecule has 20 heavy (non-hydrogen) atoms. The molecule has 0 amide bonds. The summed E-state index contributed by atoms with van der Waals surface area (Å²) in [6, 6.07) is 7.90. The van der Waals surface area contributed by atoms with E-state index >= 15 is 0 Å². The largest absolute Gasteiger partial charge is 0.481 e. The fourth-order valence-electron chi connectivity index (χ4n) is 3.09. The Labute approximate surface area is 117 Å². The summed E-state index contributed by atoms with van der Waals surface area (Å²) in [5, 5.41) is 15.2. The first-order valence-corrected chi connectivity index (χ1v) is 6.80. The molecular formula is C15H18N2O3. The fraction of sp³-hybridized carbons (Fsp3) is 0.467. The first-order valence-electron chi connectivity index (χ1n) is 6.80. The van der Waals surface area contributed by atoms with E-state index in [2.05, 4.69) is 5.10 Å². The molecule has 0 spiro atoms. The van der Waals surface area contributed by atoms with Crippen LogP contribution in [0.3, 0.4) is 0 Å². The Morgan fingerprint density at radius 1 is 1.55 bits per heavy atom. The summed E-state index contributed by atoms with van der Waals surface area (Å²) in [4.78, 5) is 11.8. The molecule has 0 radical (unpaired) electrons. The zero-order chi connectivity index (χ0) is 14.3. The smallest absolute Gasteiger partial charge is 0.312 e. The molecule has 3 rings (SSSR count). The van der Waals surface area contributed by atoms with Crippen LogP contribution in [0, 0.1) is 5.41 Å². The predicted molar refractivity (Wildman–Crippen MR) is 74.5 cm³/mol. The van der Waals surface area contributed by atoms with Gasteiger partial charge in [-0.2, -0.15) is 5.10 Å². The van der Waals surface area contributed by atoms with E-state index in [1.54, 1.807) is 4.68 Å². The number of hydrogen-bond donors (Lipinski definition) is 1. The van der Waals surface area contributed by atoms with Crippen LogP contribution in [-0.4, -0.2) is 33.6 Å². The van der Waals surface area contributed by atoms with Crippen molar-refractivity contribution in [1.29, 1.82) is 0 Å². The quantitative estimate of drug-likeness (QED) is 0.929. The number of hydrogen-bond acceptors (Lipinski definition) is 3. The second kappa shape index (κ2) is 4.59. The van der Waals surface area contributed by atoms with E-state index in [4.69, 9.17) is 4.74 Å². The Hall–Kier alpha value is -1.88. The molecular weight excluding hydrogens is 256 g/mol. The van der Waals surface area contributed by atoms with E-state index in [0.717, 1.165) is 16.6 Å². The monoisotopic (exact) mass is 274 g/mol. The maximum atomic E-state index is 11.8. The Morgan fingerprint density at radius 3 is 2.95 bits per heavy atom. The summed E-state index contributed by atoms with van der Waals surface area (Å²) in [6.07, 6.45) is 0.653. The second-order valence-corrected chi connectivity index (χ2v) is 5.49. The Balaban J connectivity index is 2.06. The molecule has 2 heterocycles. The average Bonchev–Trinajstić information content (AvgIpc) is 2.94. The standard InChI is InChI=1S/C15H18N2O3/c1-10-15(14(18)19,7-8-20-10)9-12-11-5-3-4-6-13(11)17(2)16-12/h3-6,10H,7-9H2,1-2H3,(H,18,19). The first kappa shape index (κ1) is 13.1. The third-order valence-electron chi connectivity index (χ3n) is 4.44. The molecule has 2 unspecified atom stereocenters. The van der Waals surface area contributed by atoms with Crippen molar-refractivity contribution in [2.24, 2.45) is 12.5 Å². The molecule has 1 aliphatic heterocycles. The lowest BCUT2D eigenvalue weighted by molar-refractivity contribution is -0.151. The van der Waals surface area contributed by atoms with Gasteiger partial charge in [0.05, 0.1) is 17.3 Å². The molecule has 5 heteroatoms. The number of carbonyl (C=O) groups is 1. The van der Waals surface area contributed by atoms with Gasteiger partial charge < -0.3 is 9.84 Å². The number of carboxylic acid groups (broad SMARTS) is 1. The van der Waals surface area contributed by atoms with Crippen LogP contribution in [0.4, 0.5) is 0 Å². The minimum absolute atomic E-state index is 0.291. The van der Waals surface area contributed by atoms with Gasteiger partial charge in [0, 0.05) is 25.5 Å². The van der Waals surface area contributed by atoms with Crippen LogP contribution in [0.25, 0.3) is 10.9 Å². The van der Waals surface area contributed by atoms with Gasteiger partial charge in [0.2, 0.25) is 0 Å². The van der Waals surface area contributed by atoms with Crippen molar-refractivity contribution in [3.63, 3.8) is 0 Å². The highest BCUT2D eigenvalue weighted by atomic mass is 16.5. The lowest BCUT2D eigenvalue weighted by Crippen LogP contribution is -2.39. The van der Waals surface area contributed by atoms with E-state index in [1.807, 2.05) is 38.2 Å². The van der Waals surface area contributed by atoms with E-state index in [0.29, 0.717) is 19.4 Å². The molecule has 1 fully saturated rings. The first-order chi connectivity index (χ1) is 9.54. The highest BCUT2D eigenvalue weighted by Gasteiger charge is 2.49. The molecule has 1 aliphatic rings. The number of benzene rings is 1. The second-order valence-electron chi connectivity index (χ2n) is 5.49. The highest BCUT2D eigenvalue weighted by molar-refractivity contribution is 5.83. The molecule has 2 atom stereocenters. The summed E-state index contributed by atoms with van der Waals surface area (Å²) < 4.78 is 7.31. The van der Waals surface area contributed by atoms with Crippen molar-refractivity contribution in [3.05, 3.63) is 30.0 Å². The topological polar surface area (TPSA) is 64.4 Å². The van der Waals surface area contributed by atoms with Crippen molar-refractivity contribution >= 4 is 16.9 Å². The minimum Gasteiger partial charge on any atom is -0.481 e. The van der Waals surface area contributed by atoms with Gasteiger partial charge >= 0.3 is 5.97 Å². The molecule has 1 saturated heterocycles. The van der Waals surface area contributed by atoms with Crippen LogP contribution >= 0.6 is 0 Å². The van der Waals surface area contributed by atoms with E-state index in [-0.39, 0.29) is 6.10 Å². The predicted octanol–water partition coefficient (Wildman–Crippen LogP) is 2.00. The van der Waals surface area contributed by atoms with E-state index in [1.165, 1.54) is 0 Å². The Morgan fingerprint density at radius 2 is 2.30 bits per heavy atom. The van der Waals surface area contributed by atoms with Crippen molar-refractivity contribution in [2.45, 2.75) is 25.9 Å². The Kier molecular flexibility index (Phi) is 3.01. The van der Waals surface area contributed by atoms with E-state index in [9.17, 15) is 9.90 Å². The minimum atomic E-state index is -0.864. The normalized spacial score (nSPS) is 26.2. The van der Waals surface area contributed by atoms with Gasteiger partial charge in [0.25, 0.3) is 0 Å². The average molecular weight is 274 g/mol. The summed E-state index contributed by atoms with van der Waals surface area (Å²) >= 11 is 0. The number of para-hydroxylation sites is 1.